The van der Waals surface area contributed by atoms with Crippen molar-refractivity contribution in [2.75, 3.05) is 0 Å². The van der Waals surface area contributed by atoms with Crippen molar-refractivity contribution in [3.63, 3.8) is 0 Å². The van der Waals surface area contributed by atoms with E-state index in [2.05, 4.69) is 77.9 Å². The van der Waals surface area contributed by atoms with Crippen molar-refractivity contribution >= 4 is 38.8 Å². The zero-order chi connectivity index (χ0) is 21.1. The van der Waals surface area contributed by atoms with Crippen molar-refractivity contribution in [3.8, 4) is 11.4 Å². The first-order valence-corrected chi connectivity index (χ1v) is 10.6. The average Bonchev–Trinajstić information content (AvgIpc) is 3.37. The quantitative estimate of drug-likeness (QED) is 0.434. The highest BCUT2D eigenvalue weighted by Gasteiger charge is 2.19. The minimum absolute atomic E-state index is 0.799. The topological polar surface area (TPSA) is 60.6 Å². The zero-order valence-corrected chi connectivity index (χ0v) is 17.1. The highest BCUT2D eigenvalue weighted by atomic mass is 15.0. The van der Waals surface area contributed by atoms with Crippen LogP contribution >= 0.6 is 0 Å². The van der Waals surface area contributed by atoms with E-state index < -0.39 is 0 Å². The zero-order valence-electron chi connectivity index (χ0n) is 17.1. The molecule has 0 radical (unpaired) electrons. The monoisotopic (exact) mass is 414 g/mol. The molecule has 0 atom stereocenters. The van der Waals surface area contributed by atoms with Gasteiger partial charge in [-0.15, -0.1) is 0 Å². The Morgan fingerprint density at radius 3 is 1.97 bits per heavy atom. The van der Waals surface area contributed by atoms with Gasteiger partial charge in [0.1, 0.15) is 0 Å². The first-order chi connectivity index (χ1) is 15.9. The lowest BCUT2D eigenvalue weighted by Crippen LogP contribution is -2.11. The van der Waals surface area contributed by atoms with E-state index in [1.165, 1.54) is 16.6 Å². The predicted octanol–water partition coefficient (Wildman–Crippen LogP) is 4.99. The molecule has 1 N–H and O–H groups in total. The van der Waals surface area contributed by atoms with Crippen LogP contribution in [-0.2, 0) is 6.54 Å². The Labute approximate surface area is 183 Å². The van der Waals surface area contributed by atoms with Gasteiger partial charge in [-0.3, -0.25) is 15.0 Å². The van der Waals surface area contributed by atoms with Crippen LogP contribution in [0.25, 0.3) is 50.2 Å². The fourth-order valence-corrected chi connectivity index (χ4v) is 4.91. The fourth-order valence-electron chi connectivity index (χ4n) is 4.91. The van der Waals surface area contributed by atoms with Gasteiger partial charge in [0.25, 0.3) is 0 Å². The molecule has 0 saturated heterocycles. The van der Waals surface area contributed by atoms with Crippen LogP contribution in [0.2, 0.25) is 0 Å². The fraction of sp³-hybridized carbons (Fsp3) is 0.0385. The molecule has 0 bridgehead atoms. The number of rotatable bonds is 2. The van der Waals surface area contributed by atoms with Crippen LogP contribution in [0.1, 0.15) is 11.3 Å². The van der Waals surface area contributed by atoms with Crippen molar-refractivity contribution in [2.24, 2.45) is 0 Å². The third-order valence-corrected chi connectivity index (χ3v) is 6.27. The van der Waals surface area contributed by atoms with Gasteiger partial charge in [-0.25, -0.2) is 0 Å². The molecule has 6 heteroatoms. The highest BCUT2D eigenvalue weighted by molar-refractivity contribution is 6.08. The molecule has 6 heterocycles. The molecule has 6 aromatic rings. The summed E-state index contributed by atoms with van der Waals surface area (Å²) in [6, 6.07) is 14.9. The molecule has 0 unspecified atom stereocenters. The van der Waals surface area contributed by atoms with Crippen LogP contribution < -0.4 is 5.32 Å². The van der Waals surface area contributed by atoms with Gasteiger partial charge < -0.3 is 14.5 Å². The number of fused-ring (bicyclic) bond motifs is 6. The van der Waals surface area contributed by atoms with Crippen molar-refractivity contribution in [1.82, 2.24) is 29.4 Å². The molecular weight excluding hydrogens is 396 g/mol. The molecule has 0 aliphatic carbocycles. The summed E-state index contributed by atoms with van der Waals surface area (Å²) in [5, 5.41) is 6.72. The first-order valence-electron chi connectivity index (χ1n) is 10.6. The molecule has 6 nitrogen and oxygen atoms in total. The van der Waals surface area contributed by atoms with Crippen molar-refractivity contribution in [2.45, 2.75) is 6.54 Å². The Bertz CT molecular complexity index is 1630. The van der Waals surface area contributed by atoms with Gasteiger partial charge in [-0.2, -0.15) is 0 Å². The lowest BCUT2D eigenvalue weighted by molar-refractivity contribution is 0.855. The predicted molar refractivity (Wildman–Crippen MR) is 127 cm³/mol. The molecular formula is C26H18N6. The smallest absolute Gasteiger partial charge is 0.0572 e. The number of hydrogen-bond donors (Lipinski definition) is 1. The maximum absolute atomic E-state index is 4.37. The number of hydrogen-bond acceptors (Lipinski definition) is 4. The summed E-state index contributed by atoms with van der Waals surface area (Å²) in [5.74, 6) is 0. The van der Waals surface area contributed by atoms with E-state index in [1.807, 2.05) is 43.4 Å². The Balaban J connectivity index is 1.53. The van der Waals surface area contributed by atoms with Crippen LogP contribution in [0, 0.1) is 0 Å². The minimum Gasteiger partial charge on any atom is -0.387 e. The van der Waals surface area contributed by atoms with Gasteiger partial charge in [-0.1, -0.05) is 6.07 Å². The summed E-state index contributed by atoms with van der Waals surface area (Å²) in [7, 11) is 0. The van der Waals surface area contributed by atoms with E-state index >= 15 is 0 Å². The Hall–Kier alpha value is -4.45. The highest BCUT2D eigenvalue weighted by Crippen LogP contribution is 2.34. The number of nitrogens with one attached hydrogen (secondary N) is 1. The van der Waals surface area contributed by atoms with Crippen LogP contribution in [0.5, 0.6) is 0 Å². The summed E-state index contributed by atoms with van der Waals surface area (Å²) in [6.07, 6.45) is 15.5. The van der Waals surface area contributed by atoms with Crippen LogP contribution in [0.15, 0.2) is 85.8 Å². The second kappa shape index (κ2) is 6.52. The van der Waals surface area contributed by atoms with Crippen LogP contribution in [-0.4, -0.2) is 24.1 Å². The lowest BCUT2D eigenvalue weighted by atomic mass is 10.1. The van der Waals surface area contributed by atoms with Gasteiger partial charge in [0, 0.05) is 76.8 Å². The molecule has 0 saturated carbocycles. The molecule has 1 aliphatic heterocycles. The summed E-state index contributed by atoms with van der Waals surface area (Å²) in [6.45, 7) is 0.799. The Kier molecular flexibility index (Phi) is 3.52. The van der Waals surface area contributed by atoms with Crippen molar-refractivity contribution in [1.29, 1.82) is 0 Å². The van der Waals surface area contributed by atoms with Gasteiger partial charge >= 0.3 is 0 Å². The lowest BCUT2D eigenvalue weighted by Gasteiger charge is -2.15. The third-order valence-electron chi connectivity index (χ3n) is 6.27. The molecule has 1 aliphatic rings. The van der Waals surface area contributed by atoms with E-state index in [9.17, 15) is 0 Å². The minimum atomic E-state index is 0.799. The van der Waals surface area contributed by atoms with E-state index in [1.54, 1.807) is 0 Å². The molecule has 0 amide bonds. The molecule has 0 spiro atoms. The number of nitrogens with zero attached hydrogens (tertiary/aromatic N) is 5. The average molecular weight is 414 g/mol. The van der Waals surface area contributed by atoms with E-state index in [-0.39, 0.29) is 0 Å². The molecule has 152 valence electrons. The summed E-state index contributed by atoms with van der Waals surface area (Å²) < 4.78 is 4.61. The van der Waals surface area contributed by atoms with Crippen LogP contribution in [0.4, 0.5) is 0 Å². The number of aromatic nitrogens is 5. The second-order valence-electron chi connectivity index (χ2n) is 7.95. The van der Waals surface area contributed by atoms with E-state index in [4.69, 9.17) is 0 Å². The van der Waals surface area contributed by atoms with E-state index in [0.717, 1.165) is 45.2 Å². The summed E-state index contributed by atoms with van der Waals surface area (Å²) in [4.78, 5) is 13.1. The Morgan fingerprint density at radius 2 is 1.28 bits per heavy atom. The molecule has 0 fully saturated rings. The normalized spacial score (nSPS) is 13.0. The third kappa shape index (κ3) is 2.32. The van der Waals surface area contributed by atoms with Gasteiger partial charge in [0.05, 0.1) is 22.2 Å². The largest absolute Gasteiger partial charge is 0.387 e. The van der Waals surface area contributed by atoms with Crippen LogP contribution in [0.3, 0.4) is 0 Å². The van der Waals surface area contributed by atoms with Gasteiger partial charge in [-0.05, 0) is 48.7 Å². The molecule has 32 heavy (non-hydrogen) atoms. The standard InChI is InChI=1S/C26H18N6/c1-2-17(31-23-4-8-27-13-19(23)20-14-28-9-5-24(20)31)12-18(3-1)32-25-6-10-29-15-21(25)22-16-30-11-7-26(22)32/h1-15,30H,16H2. The first kappa shape index (κ1) is 17.3. The summed E-state index contributed by atoms with van der Waals surface area (Å²) >= 11 is 0. The second-order valence-corrected chi connectivity index (χ2v) is 7.95. The van der Waals surface area contributed by atoms with Crippen molar-refractivity contribution < 1.29 is 0 Å². The van der Waals surface area contributed by atoms with E-state index in [0.29, 0.717) is 0 Å². The SMILES string of the molecule is C1=Cc2c(c3cnccc3n2-c2cccc(-n3c4ccncc4c4cnccc43)c2)CN1. The summed E-state index contributed by atoms with van der Waals surface area (Å²) in [5.41, 5.74) is 8.08. The number of pyridine rings is 3. The molecule has 7 rings (SSSR count). The van der Waals surface area contributed by atoms with Gasteiger partial charge in [0.2, 0.25) is 0 Å². The number of benzene rings is 1. The molecule has 5 aromatic heterocycles. The molecule has 1 aromatic carbocycles. The maximum Gasteiger partial charge on any atom is 0.0572 e. The maximum atomic E-state index is 4.37. The van der Waals surface area contributed by atoms with Gasteiger partial charge in [0.15, 0.2) is 0 Å². The van der Waals surface area contributed by atoms with Crippen molar-refractivity contribution in [3.05, 3.63) is 97.1 Å². The Morgan fingerprint density at radius 1 is 0.688 bits per heavy atom.